The van der Waals surface area contributed by atoms with Crippen molar-refractivity contribution in [3.8, 4) is 0 Å². The van der Waals surface area contributed by atoms with Crippen molar-refractivity contribution in [3.63, 3.8) is 0 Å². The first kappa shape index (κ1) is 12.0. The van der Waals surface area contributed by atoms with Gasteiger partial charge in [0.1, 0.15) is 0 Å². The van der Waals surface area contributed by atoms with E-state index in [1.54, 1.807) is 0 Å². The van der Waals surface area contributed by atoms with Crippen LogP contribution in [0.5, 0.6) is 0 Å². The van der Waals surface area contributed by atoms with Gasteiger partial charge < -0.3 is 4.90 Å². The summed E-state index contributed by atoms with van der Waals surface area (Å²) in [6.45, 7) is 2.08. The average Bonchev–Trinajstić information content (AvgIpc) is 2.47. The quantitative estimate of drug-likeness (QED) is 0.760. The van der Waals surface area contributed by atoms with Crippen LogP contribution in [-0.4, -0.2) is 5.91 Å². The maximum Gasteiger partial charge on any atom is 0.233 e. The summed E-state index contributed by atoms with van der Waals surface area (Å²) >= 11 is 0. The number of β-lactam (4-membered cyclic amide) rings is 1. The number of anilines is 1. The molecule has 2 aromatic rings. The molecule has 0 aliphatic carbocycles. The summed E-state index contributed by atoms with van der Waals surface area (Å²) in [5.74, 6) is 0.352. The van der Waals surface area contributed by atoms with Crippen molar-refractivity contribution in [1.82, 2.24) is 0 Å². The molecule has 0 radical (unpaired) electrons. The zero-order valence-corrected chi connectivity index (χ0v) is 11.0. The summed E-state index contributed by atoms with van der Waals surface area (Å²) in [6, 6.07) is 20.4. The van der Waals surface area contributed by atoms with Gasteiger partial charge in [-0.05, 0) is 24.1 Å². The molecule has 0 aromatic heterocycles. The Labute approximate surface area is 113 Å². The number of carbonyl (C=O) groups is 1. The Balaban J connectivity index is 1.98. The molecule has 3 rings (SSSR count). The van der Waals surface area contributed by atoms with Gasteiger partial charge in [-0.2, -0.15) is 0 Å². The second-order valence-corrected chi connectivity index (χ2v) is 4.91. The first-order valence-electron chi connectivity index (χ1n) is 6.76. The third-order valence-corrected chi connectivity index (χ3v) is 3.83. The third-order valence-electron chi connectivity index (χ3n) is 3.83. The molecule has 2 nitrogen and oxygen atoms in total. The zero-order chi connectivity index (χ0) is 13.2. The smallest absolute Gasteiger partial charge is 0.233 e. The van der Waals surface area contributed by atoms with Crippen LogP contribution in [0.2, 0.25) is 0 Å². The number of hydrogen-bond donors (Lipinski definition) is 0. The number of benzene rings is 2. The summed E-state index contributed by atoms with van der Waals surface area (Å²) in [5, 5.41) is 0. The molecule has 96 valence electrons. The Morgan fingerprint density at radius 2 is 1.53 bits per heavy atom. The zero-order valence-electron chi connectivity index (χ0n) is 11.0. The van der Waals surface area contributed by atoms with E-state index >= 15 is 0 Å². The Morgan fingerprint density at radius 3 is 2.11 bits per heavy atom. The van der Waals surface area contributed by atoms with Gasteiger partial charge in [-0.1, -0.05) is 55.5 Å². The van der Waals surface area contributed by atoms with Gasteiger partial charge in [0.05, 0.1) is 12.0 Å². The molecule has 0 bridgehead atoms. The normalized spacial score (nSPS) is 22.2. The van der Waals surface area contributed by atoms with E-state index < -0.39 is 0 Å². The monoisotopic (exact) mass is 251 g/mol. The molecule has 1 saturated heterocycles. The van der Waals surface area contributed by atoms with Crippen molar-refractivity contribution in [2.75, 3.05) is 4.90 Å². The molecule has 0 unspecified atom stereocenters. The van der Waals surface area contributed by atoms with Gasteiger partial charge in [0, 0.05) is 5.69 Å². The second kappa shape index (κ2) is 4.88. The molecule has 2 atom stereocenters. The minimum Gasteiger partial charge on any atom is -0.304 e. The lowest BCUT2D eigenvalue weighted by Gasteiger charge is -2.47. The number of nitrogens with zero attached hydrogens (tertiary/aromatic N) is 1. The van der Waals surface area contributed by atoms with E-state index in [-0.39, 0.29) is 17.9 Å². The minimum atomic E-state index is 0.114. The van der Waals surface area contributed by atoms with Crippen LogP contribution in [0.3, 0.4) is 0 Å². The standard InChI is InChI=1S/C17H17NO/c1-2-15-16(13-9-5-3-6-10-13)18(17(15)19)14-11-7-4-8-12-14/h3-12,15-16H,2H2,1H3/t15-,16+/m1/s1. The number of para-hydroxylation sites is 1. The molecule has 0 N–H and O–H groups in total. The van der Waals surface area contributed by atoms with Gasteiger partial charge >= 0.3 is 0 Å². The predicted octanol–water partition coefficient (Wildman–Crippen LogP) is 3.80. The Hall–Kier alpha value is -2.09. The van der Waals surface area contributed by atoms with Gasteiger partial charge in [0.15, 0.2) is 0 Å². The first-order chi connectivity index (χ1) is 9.33. The molecule has 19 heavy (non-hydrogen) atoms. The van der Waals surface area contributed by atoms with Crippen LogP contribution in [0.25, 0.3) is 0 Å². The van der Waals surface area contributed by atoms with Crippen molar-refractivity contribution in [3.05, 3.63) is 66.2 Å². The lowest BCUT2D eigenvalue weighted by Crippen LogP contribution is -2.55. The number of amides is 1. The fourth-order valence-electron chi connectivity index (χ4n) is 2.85. The fraction of sp³-hybridized carbons (Fsp3) is 0.235. The van der Waals surface area contributed by atoms with Crippen LogP contribution in [0.15, 0.2) is 60.7 Å². The SMILES string of the molecule is CC[C@H]1C(=O)N(c2ccccc2)[C@H]1c1ccccc1. The molecule has 2 aromatic carbocycles. The highest BCUT2D eigenvalue weighted by molar-refractivity contribution is 6.03. The van der Waals surface area contributed by atoms with Crippen LogP contribution in [-0.2, 0) is 4.79 Å². The average molecular weight is 251 g/mol. The van der Waals surface area contributed by atoms with Gasteiger partial charge in [-0.15, -0.1) is 0 Å². The molecular formula is C17H17NO. The Kier molecular flexibility index (Phi) is 3.08. The number of carbonyl (C=O) groups excluding carboxylic acids is 1. The summed E-state index contributed by atoms with van der Waals surface area (Å²) in [6.07, 6.45) is 0.891. The molecular weight excluding hydrogens is 234 g/mol. The van der Waals surface area contributed by atoms with Crippen LogP contribution in [0, 0.1) is 5.92 Å². The minimum absolute atomic E-state index is 0.114. The van der Waals surface area contributed by atoms with Gasteiger partial charge in [-0.3, -0.25) is 4.79 Å². The van der Waals surface area contributed by atoms with E-state index in [4.69, 9.17) is 0 Å². The molecule has 1 aliphatic heterocycles. The summed E-state index contributed by atoms with van der Waals surface area (Å²) < 4.78 is 0. The third kappa shape index (κ3) is 1.93. The molecule has 0 saturated carbocycles. The maximum atomic E-state index is 12.3. The molecule has 1 fully saturated rings. The lowest BCUT2D eigenvalue weighted by atomic mass is 9.80. The maximum absolute atomic E-state index is 12.3. The van der Waals surface area contributed by atoms with E-state index in [1.165, 1.54) is 5.56 Å². The van der Waals surface area contributed by atoms with Crippen LogP contribution >= 0.6 is 0 Å². The second-order valence-electron chi connectivity index (χ2n) is 4.91. The Morgan fingerprint density at radius 1 is 0.947 bits per heavy atom. The lowest BCUT2D eigenvalue weighted by molar-refractivity contribution is -0.130. The summed E-state index contributed by atoms with van der Waals surface area (Å²) in [7, 11) is 0. The van der Waals surface area contributed by atoms with Crippen LogP contribution in [0.1, 0.15) is 24.9 Å². The number of hydrogen-bond acceptors (Lipinski definition) is 1. The predicted molar refractivity (Wildman–Crippen MR) is 76.9 cm³/mol. The van der Waals surface area contributed by atoms with Crippen LogP contribution < -0.4 is 4.90 Å². The van der Waals surface area contributed by atoms with Crippen molar-refractivity contribution < 1.29 is 4.79 Å². The summed E-state index contributed by atoms with van der Waals surface area (Å²) in [4.78, 5) is 14.2. The molecule has 1 heterocycles. The van der Waals surface area contributed by atoms with Crippen molar-refractivity contribution in [1.29, 1.82) is 0 Å². The molecule has 1 amide bonds. The van der Waals surface area contributed by atoms with E-state index in [1.807, 2.05) is 53.4 Å². The van der Waals surface area contributed by atoms with Crippen LogP contribution in [0.4, 0.5) is 5.69 Å². The first-order valence-corrected chi connectivity index (χ1v) is 6.76. The fourth-order valence-corrected chi connectivity index (χ4v) is 2.85. The van der Waals surface area contributed by atoms with E-state index in [0.717, 1.165) is 12.1 Å². The van der Waals surface area contributed by atoms with Crippen molar-refractivity contribution in [2.24, 2.45) is 5.92 Å². The molecule has 0 spiro atoms. The van der Waals surface area contributed by atoms with E-state index in [2.05, 4.69) is 19.1 Å². The highest BCUT2D eigenvalue weighted by Crippen LogP contribution is 2.44. The van der Waals surface area contributed by atoms with E-state index in [9.17, 15) is 4.79 Å². The topological polar surface area (TPSA) is 20.3 Å². The largest absolute Gasteiger partial charge is 0.304 e. The van der Waals surface area contributed by atoms with Gasteiger partial charge in [0.2, 0.25) is 5.91 Å². The highest BCUT2D eigenvalue weighted by Gasteiger charge is 2.47. The van der Waals surface area contributed by atoms with Crippen molar-refractivity contribution >= 4 is 11.6 Å². The highest BCUT2D eigenvalue weighted by atomic mass is 16.2. The summed E-state index contributed by atoms with van der Waals surface area (Å²) in [5.41, 5.74) is 2.21. The number of rotatable bonds is 3. The van der Waals surface area contributed by atoms with E-state index in [0.29, 0.717) is 0 Å². The van der Waals surface area contributed by atoms with Gasteiger partial charge in [0.25, 0.3) is 0 Å². The Bertz CT molecular complexity index is 564. The molecule has 1 aliphatic rings. The van der Waals surface area contributed by atoms with Gasteiger partial charge in [-0.25, -0.2) is 0 Å². The van der Waals surface area contributed by atoms with Crippen molar-refractivity contribution in [2.45, 2.75) is 19.4 Å². The molecule has 2 heteroatoms.